The number of aromatic amines is 1. The van der Waals surface area contributed by atoms with Gasteiger partial charge in [-0.3, -0.25) is 14.9 Å². The lowest BCUT2D eigenvalue weighted by molar-refractivity contribution is 0.0645. The Bertz CT molecular complexity index is 1350. The lowest BCUT2D eigenvalue weighted by atomic mass is 10.1. The second-order valence-corrected chi connectivity index (χ2v) is 8.83. The van der Waals surface area contributed by atoms with E-state index < -0.39 is 0 Å². The maximum Gasteiger partial charge on any atom is 0.272 e. The Hall–Kier alpha value is -4.28. The fourth-order valence-electron chi connectivity index (χ4n) is 4.41. The summed E-state index contributed by atoms with van der Waals surface area (Å²) in [6.07, 6.45) is 4.56. The molecule has 11 nitrogen and oxygen atoms in total. The van der Waals surface area contributed by atoms with Crippen LogP contribution in [-0.4, -0.2) is 60.7 Å². The predicted molar refractivity (Wildman–Crippen MR) is 128 cm³/mol. The third kappa shape index (κ3) is 4.20. The molecule has 2 aliphatic rings. The number of rotatable bonds is 6. The average molecular weight is 472 g/mol. The van der Waals surface area contributed by atoms with E-state index in [1.54, 1.807) is 17.2 Å². The minimum absolute atomic E-state index is 0.0881. The van der Waals surface area contributed by atoms with Crippen LogP contribution in [0, 0.1) is 6.92 Å². The molecule has 0 aliphatic carbocycles. The fourth-order valence-corrected chi connectivity index (χ4v) is 4.41. The number of hydrogen-bond donors (Lipinski definition) is 2. The Balaban J connectivity index is 1.33. The first kappa shape index (κ1) is 21.3. The summed E-state index contributed by atoms with van der Waals surface area (Å²) >= 11 is 0. The standard InChI is InChI=1S/C24H25N9O2/c1-15-12-22(30-29-15)27-21-14-18(23(34)32-9-5-10-32)26-24(28-21)33-11-4-7-19(33)20-13-17(31-35-20)16-6-2-3-8-25-16/h2-3,6,8,12-14,19H,4-5,7,9-11H2,1H3,(H2,26,27,28,29,30)/t19-/m0/s1. The molecule has 4 aromatic rings. The molecule has 0 unspecified atom stereocenters. The van der Waals surface area contributed by atoms with Gasteiger partial charge in [-0.25, -0.2) is 4.98 Å². The highest BCUT2D eigenvalue weighted by Crippen LogP contribution is 2.36. The van der Waals surface area contributed by atoms with Crippen LogP contribution >= 0.6 is 0 Å². The van der Waals surface area contributed by atoms with E-state index in [0.29, 0.717) is 29.0 Å². The topological polar surface area (TPSA) is 129 Å². The van der Waals surface area contributed by atoms with E-state index in [9.17, 15) is 4.79 Å². The molecule has 1 atom stereocenters. The summed E-state index contributed by atoms with van der Waals surface area (Å²) in [7, 11) is 0. The quantitative estimate of drug-likeness (QED) is 0.434. The Morgan fingerprint density at radius 1 is 1.09 bits per heavy atom. The largest absolute Gasteiger partial charge is 0.358 e. The lowest BCUT2D eigenvalue weighted by Gasteiger charge is -2.31. The maximum atomic E-state index is 13.0. The van der Waals surface area contributed by atoms with Gasteiger partial charge in [0.15, 0.2) is 11.6 Å². The number of likely N-dealkylation sites (tertiary alicyclic amines) is 1. The molecule has 178 valence electrons. The number of anilines is 3. The monoisotopic (exact) mass is 471 g/mol. The molecule has 6 heterocycles. The number of amides is 1. The average Bonchev–Trinajstić information content (AvgIpc) is 3.59. The molecule has 0 aromatic carbocycles. The summed E-state index contributed by atoms with van der Waals surface area (Å²) in [5, 5.41) is 14.6. The third-order valence-electron chi connectivity index (χ3n) is 6.33. The van der Waals surface area contributed by atoms with Gasteiger partial charge in [0.05, 0.1) is 11.7 Å². The molecule has 1 amide bonds. The molecule has 2 aliphatic heterocycles. The second-order valence-electron chi connectivity index (χ2n) is 8.83. The van der Waals surface area contributed by atoms with Crippen LogP contribution in [0.2, 0.25) is 0 Å². The molecular weight excluding hydrogens is 446 g/mol. The van der Waals surface area contributed by atoms with Crippen molar-refractivity contribution in [3.05, 3.63) is 59.7 Å². The van der Waals surface area contributed by atoms with Gasteiger partial charge in [-0.2, -0.15) is 10.1 Å². The molecule has 2 N–H and O–H groups in total. The van der Waals surface area contributed by atoms with Crippen LogP contribution in [0.15, 0.2) is 47.1 Å². The molecule has 35 heavy (non-hydrogen) atoms. The molecular formula is C24H25N9O2. The summed E-state index contributed by atoms with van der Waals surface area (Å²) < 4.78 is 5.73. The molecule has 11 heteroatoms. The molecule has 0 radical (unpaired) electrons. The predicted octanol–water partition coefficient (Wildman–Crippen LogP) is 3.49. The van der Waals surface area contributed by atoms with Crippen LogP contribution in [0.1, 0.15) is 47.2 Å². The van der Waals surface area contributed by atoms with Crippen LogP contribution in [0.3, 0.4) is 0 Å². The number of H-pyrrole nitrogens is 1. The zero-order valence-electron chi connectivity index (χ0n) is 19.3. The van der Waals surface area contributed by atoms with E-state index in [2.05, 4.69) is 35.5 Å². The number of aryl methyl sites for hydroxylation is 1. The van der Waals surface area contributed by atoms with E-state index in [-0.39, 0.29) is 11.9 Å². The molecule has 0 saturated carbocycles. The summed E-state index contributed by atoms with van der Waals surface area (Å²) in [4.78, 5) is 30.7. The van der Waals surface area contributed by atoms with Crippen LogP contribution in [0.25, 0.3) is 11.4 Å². The summed E-state index contributed by atoms with van der Waals surface area (Å²) in [6, 6.07) is 11.1. The molecule has 0 bridgehead atoms. The second kappa shape index (κ2) is 8.82. The van der Waals surface area contributed by atoms with E-state index >= 15 is 0 Å². The Labute approximate surface area is 201 Å². The van der Waals surface area contributed by atoms with Crippen molar-refractivity contribution in [1.82, 2.24) is 35.2 Å². The first-order valence-electron chi connectivity index (χ1n) is 11.8. The highest BCUT2D eigenvalue weighted by molar-refractivity contribution is 5.94. The third-order valence-corrected chi connectivity index (χ3v) is 6.33. The number of carbonyl (C=O) groups is 1. The molecule has 2 saturated heterocycles. The highest BCUT2D eigenvalue weighted by Gasteiger charge is 2.33. The highest BCUT2D eigenvalue weighted by atomic mass is 16.5. The molecule has 4 aromatic heterocycles. The van der Waals surface area contributed by atoms with Crippen molar-refractivity contribution < 1.29 is 9.32 Å². The fraction of sp³-hybridized carbons (Fsp3) is 0.333. The number of hydrogen-bond acceptors (Lipinski definition) is 9. The summed E-state index contributed by atoms with van der Waals surface area (Å²) in [6.45, 7) is 4.17. The van der Waals surface area contributed by atoms with Crippen LogP contribution < -0.4 is 10.2 Å². The van der Waals surface area contributed by atoms with Crippen molar-refractivity contribution in [2.45, 2.75) is 32.2 Å². The van der Waals surface area contributed by atoms with Crippen LogP contribution in [-0.2, 0) is 0 Å². The molecule has 0 spiro atoms. The van der Waals surface area contributed by atoms with Crippen LogP contribution in [0.4, 0.5) is 17.6 Å². The van der Waals surface area contributed by atoms with Gasteiger partial charge < -0.3 is 19.6 Å². The van der Waals surface area contributed by atoms with E-state index in [1.807, 2.05) is 37.3 Å². The van der Waals surface area contributed by atoms with Crippen molar-refractivity contribution in [3.8, 4) is 11.4 Å². The summed E-state index contributed by atoms with van der Waals surface area (Å²) in [5.41, 5.74) is 2.73. The Kier molecular flexibility index (Phi) is 5.36. The van der Waals surface area contributed by atoms with Gasteiger partial charge in [0.2, 0.25) is 5.95 Å². The number of nitrogens with zero attached hydrogens (tertiary/aromatic N) is 7. The van der Waals surface area contributed by atoms with Crippen molar-refractivity contribution in [3.63, 3.8) is 0 Å². The normalized spacial score (nSPS) is 17.5. The number of pyridine rings is 1. The SMILES string of the molecule is Cc1cc(Nc2cc(C(=O)N3CCC3)nc(N3CCC[C@H]3c3cc(-c4ccccn4)no3)n2)n[nH]1. The molecule has 6 rings (SSSR count). The van der Waals surface area contributed by atoms with Gasteiger partial charge in [0, 0.05) is 49.7 Å². The minimum atomic E-state index is -0.0889. The first-order chi connectivity index (χ1) is 17.1. The first-order valence-corrected chi connectivity index (χ1v) is 11.8. The van der Waals surface area contributed by atoms with Crippen LogP contribution in [0.5, 0.6) is 0 Å². The Morgan fingerprint density at radius 3 is 2.74 bits per heavy atom. The molecule has 2 fully saturated rings. The summed E-state index contributed by atoms with van der Waals surface area (Å²) in [5.74, 6) is 2.26. The van der Waals surface area contributed by atoms with Crippen molar-refractivity contribution in [1.29, 1.82) is 0 Å². The van der Waals surface area contributed by atoms with Gasteiger partial charge in [-0.05, 0) is 38.3 Å². The van der Waals surface area contributed by atoms with E-state index in [1.165, 1.54) is 0 Å². The Morgan fingerprint density at radius 2 is 2.00 bits per heavy atom. The van der Waals surface area contributed by atoms with E-state index in [0.717, 1.165) is 56.0 Å². The van der Waals surface area contributed by atoms with Crippen molar-refractivity contribution in [2.75, 3.05) is 29.9 Å². The minimum Gasteiger partial charge on any atom is -0.358 e. The smallest absolute Gasteiger partial charge is 0.272 e. The van der Waals surface area contributed by atoms with Gasteiger partial charge in [0.1, 0.15) is 17.2 Å². The zero-order valence-corrected chi connectivity index (χ0v) is 19.3. The van der Waals surface area contributed by atoms with Crippen molar-refractivity contribution >= 4 is 23.5 Å². The van der Waals surface area contributed by atoms with Gasteiger partial charge in [0.25, 0.3) is 5.91 Å². The number of carbonyl (C=O) groups excluding carboxylic acids is 1. The van der Waals surface area contributed by atoms with Gasteiger partial charge >= 0.3 is 0 Å². The number of aromatic nitrogens is 6. The van der Waals surface area contributed by atoms with E-state index in [4.69, 9.17) is 9.51 Å². The van der Waals surface area contributed by atoms with Gasteiger partial charge in [-0.15, -0.1) is 0 Å². The zero-order chi connectivity index (χ0) is 23.8. The number of nitrogens with one attached hydrogen (secondary N) is 2. The van der Waals surface area contributed by atoms with Gasteiger partial charge in [-0.1, -0.05) is 11.2 Å². The van der Waals surface area contributed by atoms with Crippen molar-refractivity contribution in [2.24, 2.45) is 0 Å². The maximum absolute atomic E-state index is 13.0. The lowest BCUT2D eigenvalue weighted by Crippen LogP contribution is -2.42.